The number of hydrogen-bond acceptors (Lipinski definition) is 2. The van der Waals surface area contributed by atoms with E-state index in [9.17, 15) is 4.79 Å². The summed E-state index contributed by atoms with van der Waals surface area (Å²) in [5.74, 6) is 0.949. The van der Waals surface area contributed by atoms with Gasteiger partial charge in [-0.25, -0.2) is 0 Å². The van der Waals surface area contributed by atoms with Crippen LogP contribution in [0.5, 0.6) is 5.75 Å². The minimum Gasteiger partial charge on any atom is -0.497 e. The van der Waals surface area contributed by atoms with E-state index in [1.807, 2.05) is 25.1 Å². The number of carbonyl (C=O) groups excluding carboxylic acids is 1. The zero-order valence-electron chi connectivity index (χ0n) is 15.8. The van der Waals surface area contributed by atoms with Crippen LogP contribution >= 0.6 is 0 Å². The van der Waals surface area contributed by atoms with Crippen molar-refractivity contribution in [3.8, 4) is 5.75 Å². The van der Waals surface area contributed by atoms with Crippen molar-refractivity contribution in [3.05, 3.63) is 71.3 Å². The third-order valence-electron chi connectivity index (χ3n) is 5.23. The monoisotopic (exact) mass is 349 g/mol. The Labute approximate surface area is 156 Å². The Morgan fingerprint density at radius 2 is 1.96 bits per heavy atom. The van der Waals surface area contributed by atoms with Gasteiger partial charge in [-0.2, -0.15) is 0 Å². The highest BCUT2D eigenvalue weighted by atomic mass is 16.5. The van der Waals surface area contributed by atoms with Crippen molar-refractivity contribution >= 4 is 11.6 Å². The molecule has 3 heteroatoms. The molecule has 2 aromatic rings. The van der Waals surface area contributed by atoms with Gasteiger partial charge in [-0.3, -0.25) is 4.79 Å². The average molecular weight is 349 g/mol. The van der Waals surface area contributed by atoms with Gasteiger partial charge in [0.15, 0.2) is 0 Å². The fourth-order valence-corrected chi connectivity index (χ4v) is 3.41. The first-order chi connectivity index (χ1) is 12.5. The van der Waals surface area contributed by atoms with Crippen molar-refractivity contribution in [2.45, 2.75) is 39.5 Å². The van der Waals surface area contributed by atoms with E-state index < -0.39 is 5.41 Å². The average Bonchev–Trinajstić information content (AvgIpc) is 2.65. The quantitative estimate of drug-likeness (QED) is 0.746. The Balaban J connectivity index is 1.69. The highest BCUT2D eigenvalue weighted by Crippen LogP contribution is 2.32. The lowest BCUT2D eigenvalue weighted by molar-refractivity contribution is -0.123. The van der Waals surface area contributed by atoms with Gasteiger partial charge in [-0.15, -0.1) is 0 Å². The second-order valence-electron chi connectivity index (χ2n) is 7.33. The summed E-state index contributed by atoms with van der Waals surface area (Å²) >= 11 is 0. The molecule has 0 heterocycles. The maximum Gasteiger partial charge on any atom is 0.234 e. The van der Waals surface area contributed by atoms with Crippen molar-refractivity contribution in [2.75, 3.05) is 12.4 Å². The minimum atomic E-state index is -0.395. The molecule has 3 nitrogen and oxygen atoms in total. The predicted molar refractivity (Wildman–Crippen MR) is 107 cm³/mol. The van der Waals surface area contributed by atoms with E-state index in [1.54, 1.807) is 7.11 Å². The SMILES string of the molecule is COc1ccc(Cc2ccc(NC(=O)C3(C)C=CCCC3)cc2C)cc1. The third kappa shape index (κ3) is 4.16. The van der Waals surface area contributed by atoms with Crippen LogP contribution in [-0.4, -0.2) is 13.0 Å². The molecule has 1 atom stereocenters. The van der Waals surface area contributed by atoms with Crippen molar-refractivity contribution in [3.63, 3.8) is 0 Å². The molecule has 0 spiro atoms. The van der Waals surface area contributed by atoms with Crippen LogP contribution in [0.2, 0.25) is 0 Å². The predicted octanol–water partition coefficient (Wildman–Crippen LogP) is 5.28. The Kier molecular flexibility index (Phi) is 5.46. The van der Waals surface area contributed by atoms with Crippen LogP contribution in [-0.2, 0) is 11.2 Å². The molecule has 0 radical (unpaired) electrons. The summed E-state index contributed by atoms with van der Waals surface area (Å²) in [6, 6.07) is 14.3. The summed E-state index contributed by atoms with van der Waals surface area (Å²) in [5, 5.41) is 3.09. The number of methoxy groups -OCH3 is 1. The smallest absolute Gasteiger partial charge is 0.234 e. The van der Waals surface area contributed by atoms with Crippen LogP contribution in [0.3, 0.4) is 0 Å². The van der Waals surface area contributed by atoms with E-state index in [-0.39, 0.29) is 5.91 Å². The number of rotatable bonds is 5. The molecule has 136 valence electrons. The zero-order chi connectivity index (χ0) is 18.6. The summed E-state index contributed by atoms with van der Waals surface area (Å²) in [7, 11) is 1.68. The first kappa shape index (κ1) is 18.2. The number of aryl methyl sites for hydroxylation is 1. The largest absolute Gasteiger partial charge is 0.497 e. The number of allylic oxidation sites excluding steroid dienone is 1. The normalized spacial score (nSPS) is 19.2. The molecule has 0 bridgehead atoms. The molecule has 2 aromatic carbocycles. The molecule has 1 amide bonds. The fraction of sp³-hybridized carbons (Fsp3) is 0.348. The lowest BCUT2D eigenvalue weighted by Crippen LogP contribution is -2.33. The Morgan fingerprint density at radius 3 is 2.58 bits per heavy atom. The molecule has 1 N–H and O–H groups in total. The van der Waals surface area contributed by atoms with Crippen molar-refractivity contribution in [1.29, 1.82) is 0 Å². The molecule has 26 heavy (non-hydrogen) atoms. The number of carbonyl (C=O) groups is 1. The fourth-order valence-electron chi connectivity index (χ4n) is 3.41. The number of ether oxygens (including phenoxy) is 1. The van der Waals surface area contributed by atoms with E-state index in [1.165, 1.54) is 16.7 Å². The maximum absolute atomic E-state index is 12.7. The molecule has 0 fully saturated rings. The second-order valence-corrected chi connectivity index (χ2v) is 7.33. The van der Waals surface area contributed by atoms with E-state index in [0.29, 0.717) is 0 Å². The highest BCUT2D eigenvalue weighted by molar-refractivity contribution is 5.96. The lowest BCUT2D eigenvalue weighted by atomic mass is 9.80. The van der Waals surface area contributed by atoms with Gasteiger partial charge >= 0.3 is 0 Å². The van der Waals surface area contributed by atoms with Crippen LogP contribution < -0.4 is 10.1 Å². The second kappa shape index (κ2) is 7.77. The molecule has 0 aromatic heterocycles. The summed E-state index contributed by atoms with van der Waals surface area (Å²) in [5.41, 5.74) is 4.16. The number of hydrogen-bond donors (Lipinski definition) is 1. The minimum absolute atomic E-state index is 0.0794. The molecular formula is C23H27NO2. The summed E-state index contributed by atoms with van der Waals surface area (Å²) in [4.78, 5) is 12.7. The molecule has 1 unspecified atom stereocenters. The van der Waals surface area contributed by atoms with Crippen LogP contribution in [0, 0.1) is 12.3 Å². The lowest BCUT2D eigenvalue weighted by Gasteiger charge is -2.27. The topological polar surface area (TPSA) is 38.3 Å². The molecule has 1 aliphatic carbocycles. The Morgan fingerprint density at radius 1 is 1.19 bits per heavy atom. The standard InChI is InChI=1S/C23H27NO2/c1-17-15-20(24-22(25)23(2)13-5-4-6-14-23)10-9-19(17)16-18-7-11-21(26-3)12-8-18/h5,7-13,15H,4,6,14,16H2,1-3H3,(H,24,25). The van der Waals surface area contributed by atoms with Crippen molar-refractivity contribution in [2.24, 2.45) is 5.41 Å². The number of benzene rings is 2. The summed E-state index contributed by atoms with van der Waals surface area (Å²) in [6.07, 6.45) is 8.08. The van der Waals surface area contributed by atoms with Gasteiger partial charge in [0.25, 0.3) is 0 Å². The van der Waals surface area contributed by atoms with Crippen LogP contribution in [0.25, 0.3) is 0 Å². The van der Waals surface area contributed by atoms with Gasteiger partial charge < -0.3 is 10.1 Å². The van der Waals surface area contributed by atoms with Gasteiger partial charge in [0.05, 0.1) is 12.5 Å². The molecular weight excluding hydrogens is 322 g/mol. The Hall–Kier alpha value is -2.55. The molecule has 1 aliphatic rings. The van der Waals surface area contributed by atoms with E-state index in [4.69, 9.17) is 4.74 Å². The van der Waals surface area contributed by atoms with Gasteiger partial charge in [0, 0.05) is 5.69 Å². The summed E-state index contributed by atoms with van der Waals surface area (Å²) in [6.45, 7) is 4.11. The van der Waals surface area contributed by atoms with E-state index in [2.05, 4.69) is 48.7 Å². The van der Waals surface area contributed by atoms with Crippen LogP contribution in [0.4, 0.5) is 5.69 Å². The van der Waals surface area contributed by atoms with Crippen molar-refractivity contribution < 1.29 is 9.53 Å². The Bertz CT molecular complexity index is 807. The van der Waals surface area contributed by atoms with Gasteiger partial charge in [-0.1, -0.05) is 30.4 Å². The van der Waals surface area contributed by atoms with Gasteiger partial charge in [0.2, 0.25) is 5.91 Å². The molecule has 3 rings (SSSR count). The van der Waals surface area contributed by atoms with Gasteiger partial charge in [-0.05, 0) is 80.5 Å². The van der Waals surface area contributed by atoms with E-state index in [0.717, 1.165) is 37.1 Å². The van der Waals surface area contributed by atoms with Crippen molar-refractivity contribution in [1.82, 2.24) is 0 Å². The first-order valence-electron chi connectivity index (χ1n) is 9.22. The maximum atomic E-state index is 12.7. The molecule has 0 saturated heterocycles. The van der Waals surface area contributed by atoms with E-state index >= 15 is 0 Å². The van der Waals surface area contributed by atoms with Crippen LogP contribution in [0.15, 0.2) is 54.6 Å². The van der Waals surface area contributed by atoms with Crippen LogP contribution in [0.1, 0.15) is 42.9 Å². The molecule has 0 saturated carbocycles. The molecule has 0 aliphatic heterocycles. The number of amides is 1. The summed E-state index contributed by atoms with van der Waals surface area (Å²) < 4.78 is 5.21. The first-order valence-corrected chi connectivity index (χ1v) is 9.22. The third-order valence-corrected chi connectivity index (χ3v) is 5.23. The van der Waals surface area contributed by atoms with Gasteiger partial charge in [0.1, 0.15) is 5.75 Å². The zero-order valence-corrected chi connectivity index (χ0v) is 15.8. The number of anilines is 1. The highest BCUT2D eigenvalue weighted by Gasteiger charge is 2.31. The number of nitrogens with one attached hydrogen (secondary N) is 1.